The number of hydrogen-bond acceptors (Lipinski definition) is 4. The lowest BCUT2D eigenvalue weighted by Crippen LogP contribution is -2.27. The van der Waals surface area contributed by atoms with E-state index in [2.05, 4.69) is 107 Å². The summed E-state index contributed by atoms with van der Waals surface area (Å²) in [5, 5.41) is 22.5. The van der Waals surface area contributed by atoms with Crippen molar-refractivity contribution in [3.8, 4) is 11.5 Å². The zero-order valence-electron chi connectivity index (χ0n) is 27.2. The Bertz CT molecular complexity index is 1160. The summed E-state index contributed by atoms with van der Waals surface area (Å²) in [5.74, 6) is 0.637. The first kappa shape index (κ1) is 31.9. The average molecular weight is 547 g/mol. The van der Waals surface area contributed by atoms with Crippen LogP contribution in [0, 0.1) is 0 Å². The molecule has 4 nitrogen and oxygen atoms in total. The van der Waals surface area contributed by atoms with E-state index < -0.39 is 0 Å². The fourth-order valence-corrected chi connectivity index (χ4v) is 5.31. The molecule has 0 saturated heterocycles. The summed E-state index contributed by atoms with van der Waals surface area (Å²) in [4.78, 5) is 10.1. The van der Waals surface area contributed by atoms with Crippen molar-refractivity contribution in [2.45, 2.75) is 143 Å². The van der Waals surface area contributed by atoms with Gasteiger partial charge in [0, 0.05) is 34.7 Å². The highest BCUT2D eigenvalue weighted by atomic mass is 16.3. The summed E-state index contributed by atoms with van der Waals surface area (Å²) in [7, 11) is 0. The van der Waals surface area contributed by atoms with Crippen molar-refractivity contribution in [2.75, 3.05) is 0 Å². The molecule has 0 heterocycles. The third-order valence-electron chi connectivity index (χ3n) is 8.13. The predicted octanol–water partition coefficient (Wildman–Crippen LogP) is 9.14. The van der Waals surface area contributed by atoms with Gasteiger partial charge in [-0.25, -0.2) is 0 Å². The minimum atomic E-state index is -0.179. The first-order chi connectivity index (χ1) is 18.2. The lowest BCUT2D eigenvalue weighted by molar-refractivity contribution is 0.389. The van der Waals surface area contributed by atoms with Crippen molar-refractivity contribution in [1.82, 2.24) is 0 Å². The summed E-state index contributed by atoms with van der Waals surface area (Å²) >= 11 is 0. The van der Waals surface area contributed by atoms with Gasteiger partial charge in [0.25, 0.3) is 0 Å². The van der Waals surface area contributed by atoms with E-state index in [-0.39, 0.29) is 33.7 Å². The topological polar surface area (TPSA) is 65.2 Å². The molecule has 0 spiro atoms. The lowest BCUT2D eigenvalue weighted by atomic mass is 9.79. The maximum Gasteiger partial charge on any atom is 0.128 e. The second-order valence-electron chi connectivity index (χ2n) is 15.9. The standard InChI is InChI=1S/C36H54N2O2/c1-33(2,3)25-17-23(31(39)27(19-25)35(7,8)9)21-37-29-15-13-14-16-30(29)38-22-24-18-26(34(4,5)6)20-28(32(24)40)36(10,11)12/h17-22,29-30,39-40H,13-16H2,1-12H3/t29-,30?/m1/s1. The molecule has 1 unspecified atom stereocenters. The first-order valence-corrected chi connectivity index (χ1v) is 15.0. The number of aliphatic imine (C=N–C) groups is 2. The SMILES string of the molecule is CC(C)(C)c1cc(C=NC2CCCC[C@H]2N=Cc2cc(C(C)(C)C)cc(C(C)(C)C)c2O)c(O)c(C(C)(C)C)c1. The first-order valence-electron chi connectivity index (χ1n) is 15.0. The van der Waals surface area contributed by atoms with Crippen molar-refractivity contribution in [1.29, 1.82) is 0 Å². The molecule has 0 amide bonds. The van der Waals surface area contributed by atoms with Crippen molar-refractivity contribution in [3.05, 3.63) is 57.6 Å². The monoisotopic (exact) mass is 546 g/mol. The zero-order chi connectivity index (χ0) is 30.3. The minimum absolute atomic E-state index is 0.0378. The van der Waals surface area contributed by atoms with Crippen LogP contribution in [0.15, 0.2) is 34.3 Å². The molecule has 1 aliphatic rings. The van der Waals surface area contributed by atoms with E-state index in [9.17, 15) is 10.2 Å². The Balaban J connectivity index is 2.00. The quantitative estimate of drug-likeness (QED) is 0.376. The molecule has 3 rings (SSSR count). The van der Waals surface area contributed by atoms with Gasteiger partial charge in [-0.1, -0.05) is 108 Å². The van der Waals surface area contributed by atoms with Crippen LogP contribution < -0.4 is 0 Å². The Morgan fingerprint density at radius 1 is 0.550 bits per heavy atom. The third kappa shape index (κ3) is 7.56. The van der Waals surface area contributed by atoms with Gasteiger partial charge in [0.1, 0.15) is 11.5 Å². The van der Waals surface area contributed by atoms with Crippen LogP contribution in [0.1, 0.15) is 142 Å². The molecule has 40 heavy (non-hydrogen) atoms. The van der Waals surface area contributed by atoms with Crippen LogP contribution in [0.2, 0.25) is 0 Å². The molecular weight excluding hydrogens is 492 g/mol. The van der Waals surface area contributed by atoms with Gasteiger partial charge in [0.15, 0.2) is 0 Å². The van der Waals surface area contributed by atoms with Gasteiger partial charge in [0.2, 0.25) is 0 Å². The Kier molecular flexibility index (Phi) is 9.04. The Morgan fingerprint density at radius 3 is 1.15 bits per heavy atom. The molecule has 4 heteroatoms. The summed E-state index contributed by atoms with van der Waals surface area (Å²) in [6, 6.07) is 8.53. The molecule has 1 aliphatic carbocycles. The number of benzene rings is 2. The average Bonchev–Trinajstić information content (AvgIpc) is 2.80. The van der Waals surface area contributed by atoms with Crippen LogP contribution in [0.3, 0.4) is 0 Å². The molecule has 2 aromatic rings. The number of nitrogens with zero attached hydrogens (tertiary/aromatic N) is 2. The number of rotatable bonds is 4. The van der Waals surface area contributed by atoms with Gasteiger partial charge in [0.05, 0.1) is 12.1 Å². The van der Waals surface area contributed by atoms with Crippen LogP contribution in [0.5, 0.6) is 11.5 Å². The third-order valence-corrected chi connectivity index (χ3v) is 8.13. The second-order valence-corrected chi connectivity index (χ2v) is 15.9. The van der Waals surface area contributed by atoms with Crippen LogP contribution in [0.25, 0.3) is 0 Å². The number of hydrogen-bond donors (Lipinski definition) is 2. The van der Waals surface area contributed by atoms with Crippen LogP contribution in [-0.2, 0) is 21.7 Å². The van der Waals surface area contributed by atoms with Gasteiger partial charge >= 0.3 is 0 Å². The van der Waals surface area contributed by atoms with Crippen LogP contribution >= 0.6 is 0 Å². The van der Waals surface area contributed by atoms with E-state index in [0.717, 1.165) is 47.9 Å². The fraction of sp³-hybridized carbons (Fsp3) is 0.611. The Morgan fingerprint density at radius 2 is 0.875 bits per heavy atom. The van der Waals surface area contributed by atoms with Crippen molar-refractivity contribution in [3.63, 3.8) is 0 Å². The molecule has 1 fully saturated rings. The van der Waals surface area contributed by atoms with Gasteiger partial charge in [-0.15, -0.1) is 0 Å². The minimum Gasteiger partial charge on any atom is -0.507 e. The smallest absolute Gasteiger partial charge is 0.128 e. The molecule has 2 N–H and O–H groups in total. The number of phenolic OH excluding ortho intramolecular Hbond substituents is 2. The normalized spacial score (nSPS) is 19.6. The van der Waals surface area contributed by atoms with Gasteiger partial charge in [-0.2, -0.15) is 0 Å². The van der Waals surface area contributed by atoms with E-state index >= 15 is 0 Å². The number of aromatic hydroxyl groups is 2. The van der Waals surface area contributed by atoms with Crippen molar-refractivity contribution in [2.24, 2.45) is 9.98 Å². The molecule has 0 aliphatic heterocycles. The maximum atomic E-state index is 11.2. The highest BCUT2D eigenvalue weighted by Crippen LogP contribution is 2.39. The van der Waals surface area contributed by atoms with E-state index in [4.69, 9.17) is 9.98 Å². The van der Waals surface area contributed by atoms with E-state index in [1.165, 1.54) is 11.1 Å². The van der Waals surface area contributed by atoms with Crippen molar-refractivity contribution < 1.29 is 10.2 Å². The molecular formula is C36H54N2O2. The Labute approximate surface area is 244 Å². The van der Waals surface area contributed by atoms with Gasteiger partial charge < -0.3 is 10.2 Å². The molecule has 0 radical (unpaired) electrons. The molecule has 220 valence electrons. The maximum absolute atomic E-state index is 11.2. The highest BCUT2D eigenvalue weighted by molar-refractivity contribution is 5.86. The molecule has 2 aromatic carbocycles. The second kappa shape index (κ2) is 11.3. The highest BCUT2D eigenvalue weighted by Gasteiger charge is 2.28. The molecule has 0 bridgehead atoms. The molecule has 0 aromatic heterocycles. The number of phenols is 2. The summed E-state index contributed by atoms with van der Waals surface area (Å²) in [6.45, 7) is 26.0. The molecule has 2 atom stereocenters. The van der Waals surface area contributed by atoms with E-state index in [0.29, 0.717) is 11.5 Å². The Hall–Kier alpha value is -2.62. The lowest BCUT2D eigenvalue weighted by Gasteiger charge is -2.28. The van der Waals surface area contributed by atoms with Crippen LogP contribution in [0.4, 0.5) is 0 Å². The predicted molar refractivity (Wildman–Crippen MR) is 172 cm³/mol. The zero-order valence-corrected chi connectivity index (χ0v) is 27.2. The van der Waals surface area contributed by atoms with Crippen molar-refractivity contribution >= 4 is 12.4 Å². The van der Waals surface area contributed by atoms with Gasteiger partial charge in [-0.3, -0.25) is 9.98 Å². The molecule has 1 saturated carbocycles. The van der Waals surface area contributed by atoms with E-state index in [1.807, 2.05) is 12.4 Å². The summed E-state index contributed by atoms with van der Waals surface area (Å²) < 4.78 is 0. The van der Waals surface area contributed by atoms with Crippen LogP contribution in [-0.4, -0.2) is 34.7 Å². The summed E-state index contributed by atoms with van der Waals surface area (Å²) in [6.07, 6.45) is 7.90. The largest absolute Gasteiger partial charge is 0.507 e. The fourth-order valence-electron chi connectivity index (χ4n) is 5.31. The van der Waals surface area contributed by atoms with E-state index in [1.54, 1.807) is 0 Å². The van der Waals surface area contributed by atoms with Gasteiger partial charge in [-0.05, 0) is 57.8 Å². The summed E-state index contributed by atoms with van der Waals surface area (Å²) in [5.41, 5.74) is 5.39.